The topological polar surface area (TPSA) is 28.6 Å². The minimum Gasteiger partial charge on any atom is -0.379 e. The normalized spacial score (nSPS) is 17.9. The van der Waals surface area contributed by atoms with Crippen LogP contribution in [0.2, 0.25) is 0 Å². The quantitative estimate of drug-likeness (QED) is 0.869. The van der Waals surface area contributed by atoms with Crippen molar-refractivity contribution in [3.05, 3.63) is 42.6 Å². The van der Waals surface area contributed by atoms with Gasteiger partial charge in [0.1, 0.15) is 5.82 Å². The average Bonchev–Trinajstić information content (AvgIpc) is 2.59. The predicted molar refractivity (Wildman–Crippen MR) is 89.1 cm³/mol. The van der Waals surface area contributed by atoms with Gasteiger partial charge in [0.05, 0.1) is 23.8 Å². The third-order valence-electron chi connectivity index (χ3n) is 4.13. The number of para-hydroxylation sites is 1. The molecule has 0 saturated carbocycles. The molecule has 0 unspecified atom stereocenters. The summed E-state index contributed by atoms with van der Waals surface area (Å²) in [5.41, 5.74) is 1.27. The fraction of sp³-hybridized carbons (Fsp3) is 0.353. The lowest BCUT2D eigenvalue weighted by atomic mass is 10.2. The standard InChI is InChI=1S/C17H19N3OS/c1-2-5-15-14(4-1)20(9-8-19-10-12-21-13-11-19)17-16(22-15)6-3-7-18-17/h1-7H,8-13H2. The number of pyridine rings is 1. The van der Waals surface area contributed by atoms with E-state index in [2.05, 4.69) is 45.1 Å². The first-order valence-corrected chi connectivity index (χ1v) is 8.53. The molecule has 2 aliphatic rings. The maximum atomic E-state index is 5.43. The molecule has 0 radical (unpaired) electrons. The average molecular weight is 313 g/mol. The Morgan fingerprint density at radius 1 is 1.00 bits per heavy atom. The van der Waals surface area contributed by atoms with Gasteiger partial charge in [-0.05, 0) is 24.3 Å². The highest BCUT2D eigenvalue weighted by Gasteiger charge is 2.24. The maximum Gasteiger partial charge on any atom is 0.147 e. The van der Waals surface area contributed by atoms with E-state index in [1.54, 1.807) is 0 Å². The number of aromatic nitrogens is 1. The molecule has 1 aromatic heterocycles. The van der Waals surface area contributed by atoms with Gasteiger partial charge in [0, 0.05) is 37.3 Å². The summed E-state index contributed by atoms with van der Waals surface area (Å²) < 4.78 is 5.43. The lowest BCUT2D eigenvalue weighted by Crippen LogP contribution is -2.41. The number of morpholine rings is 1. The second-order valence-electron chi connectivity index (χ2n) is 5.50. The number of anilines is 2. The predicted octanol–water partition coefficient (Wildman–Crippen LogP) is 3.02. The molecule has 1 fully saturated rings. The van der Waals surface area contributed by atoms with Crippen LogP contribution < -0.4 is 4.90 Å². The monoisotopic (exact) mass is 313 g/mol. The van der Waals surface area contributed by atoms with E-state index in [1.807, 2.05) is 24.0 Å². The summed E-state index contributed by atoms with van der Waals surface area (Å²) in [6.45, 7) is 5.75. The van der Waals surface area contributed by atoms with Crippen molar-refractivity contribution in [2.45, 2.75) is 9.79 Å². The highest BCUT2D eigenvalue weighted by molar-refractivity contribution is 7.99. The molecule has 3 heterocycles. The van der Waals surface area contributed by atoms with Gasteiger partial charge in [0.25, 0.3) is 0 Å². The second-order valence-corrected chi connectivity index (χ2v) is 6.58. The van der Waals surface area contributed by atoms with Gasteiger partial charge < -0.3 is 9.64 Å². The van der Waals surface area contributed by atoms with Crippen molar-refractivity contribution in [2.24, 2.45) is 0 Å². The van der Waals surface area contributed by atoms with E-state index in [1.165, 1.54) is 15.5 Å². The third kappa shape index (κ3) is 2.72. The third-order valence-corrected chi connectivity index (χ3v) is 5.23. The van der Waals surface area contributed by atoms with Crippen LogP contribution in [0.25, 0.3) is 0 Å². The first-order valence-electron chi connectivity index (χ1n) is 7.71. The Morgan fingerprint density at radius 3 is 2.73 bits per heavy atom. The number of ether oxygens (including phenoxy) is 1. The lowest BCUT2D eigenvalue weighted by molar-refractivity contribution is 0.0394. The summed E-state index contributed by atoms with van der Waals surface area (Å²) in [5, 5.41) is 0. The van der Waals surface area contributed by atoms with Crippen LogP contribution in [0, 0.1) is 0 Å². The smallest absolute Gasteiger partial charge is 0.147 e. The summed E-state index contributed by atoms with van der Waals surface area (Å²) in [6, 6.07) is 12.8. The lowest BCUT2D eigenvalue weighted by Gasteiger charge is -2.34. The van der Waals surface area contributed by atoms with Gasteiger partial charge >= 0.3 is 0 Å². The Kier molecular flexibility index (Phi) is 4.01. The van der Waals surface area contributed by atoms with Gasteiger partial charge in [-0.25, -0.2) is 4.98 Å². The zero-order chi connectivity index (χ0) is 14.8. The van der Waals surface area contributed by atoms with Crippen LogP contribution in [0.5, 0.6) is 0 Å². The van der Waals surface area contributed by atoms with E-state index in [9.17, 15) is 0 Å². The van der Waals surface area contributed by atoms with Crippen LogP contribution >= 0.6 is 11.8 Å². The van der Waals surface area contributed by atoms with Gasteiger partial charge in [-0.3, -0.25) is 4.90 Å². The Bertz CT molecular complexity index is 612. The van der Waals surface area contributed by atoms with E-state index in [4.69, 9.17) is 4.74 Å². The largest absolute Gasteiger partial charge is 0.379 e. The highest BCUT2D eigenvalue weighted by Crippen LogP contribution is 2.46. The number of rotatable bonds is 3. The molecule has 0 N–H and O–H groups in total. The van der Waals surface area contributed by atoms with Gasteiger partial charge in [-0.1, -0.05) is 23.9 Å². The second kappa shape index (κ2) is 6.28. The minimum atomic E-state index is 0.848. The molecule has 0 bridgehead atoms. The van der Waals surface area contributed by atoms with Crippen molar-refractivity contribution in [2.75, 3.05) is 44.3 Å². The molecule has 0 amide bonds. The van der Waals surface area contributed by atoms with Crippen LogP contribution in [0.15, 0.2) is 52.4 Å². The molecule has 0 atom stereocenters. The molecule has 0 aliphatic carbocycles. The molecule has 4 nitrogen and oxygen atoms in total. The van der Waals surface area contributed by atoms with E-state index in [-0.39, 0.29) is 0 Å². The molecule has 5 heteroatoms. The molecular weight excluding hydrogens is 294 g/mol. The zero-order valence-electron chi connectivity index (χ0n) is 12.4. The molecule has 114 valence electrons. The first-order chi connectivity index (χ1) is 10.9. The minimum absolute atomic E-state index is 0.848. The number of benzene rings is 1. The van der Waals surface area contributed by atoms with E-state index < -0.39 is 0 Å². The van der Waals surface area contributed by atoms with Crippen molar-refractivity contribution in [3.63, 3.8) is 0 Å². The molecular formula is C17H19N3OS. The van der Waals surface area contributed by atoms with Gasteiger partial charge in [0.15, 0.2) is 0 Å². The SMILES string of the molecule is c1ccc2c(c1)Sc1cccnc1N2CCN1CCOCC1. The fourth-order valence-electron chi connectivity index (χ4n) is 2.96. The van der Waals surface area contributed by atoms with Crippen LogP contribution in [-0.4, -0.2) is 49.3 Å². The van der Waals surface area contributed by atoms with Crippen molar-refractivity contribution < 1.29 is 4.74 Å². The van der Waals surface area contributed by atoms with Crippen LogP contribution in [0.4, 0.5) is 11.5 Å². The highest BCUT2D eigenvalue weighted by atomic mass is 32.2. The summed E-state index contributed by atoms with van der Waals surface area (Å²) in [5.74, 6) is 1.08. The van der Waals surface area contributed by atoms with Gasteiger partial charge in [0.2, 0.25) is 0 Å². The maximum absolute atomic E-state index is 5.43. The number of hydrogen-bond donors (Lipinski definition) is 0. The van der Waals surface area contributed by atoms with Crippen LogP contribution in [-0.2, 0) is 4.74 Å². The van der Waals surface area contributed by atoms with Crippen molar-refractivity contribution in [1.82, 2.24) is 9.88 Å². The molecule has 0 spiro atoms. The number of hydrogen-bond acceptors (Lipinski definition) is 5. The Labute approximate surface area is 135 Å². The van der Waals surface area contributed by atoms with E-state index >= 15 is 0 Å². The summed E-state index contributed by atoms with van der Waals surface area (Å²) in [4.78, 5) is 12.0. The van der Waals surface area contributed by atoms with Crippen molar-refractivity contribution >= 4 is 23.3 Å². The van der Waals surface area contributed by atoms with Crippen molar-refractivity contribution in [1.29, 1.82) is 0 Å². The Morgan fingerprint density at radius 2 is 1.82 bits per heavy atom. The fourth-order valence-corrected chi connectivity index (χ4v) is 4.02. The summed E-state index contributed by atoms with van der Waals surface area (Å²) in [6.07, 6.45) is 1.88. The molecule has 22 heavy (non-hydrogen) atoms. The summed E-state index contributed by atoms with van der Waals surface area (Å²) >= 11 is 1.81. The van der Waals surface area contributed by atoms with E-state index in [0.29, 0.717) is 0 Å². The number of fused-ring (bicyclic) bond motifs is 2. The van der Waals surface area contributed by atoms with Crippen molar-refractivity contribution in [3.8, 4) is 0 Å². The summed E-state index contributed by atoms with van der Waals surface area (Å²) in [7, 11) is 0. The molecule has 2 aliphatic heterocycles. The first kappa shape index (κ1) is 14.1. The number of nitrogens with zero attached hydrogens (tertiary/aromatic N) is 3. The molecule has 1 saturated heterocycles. The zero-order valence-corrected chi connectivity index (χ0v) is 13.3. The van der Waals surface area contributed by atoms with E-state index in [0.717, 1.165) is 45.2 Å². The Hall–Kier alpha value is -1.56. The Balaban J connectivity index is 1.60. The molecule has 2 aromatic rings. The van der Waals surface area contributed by atoms with Crippen LogP contribution in [0.3, 0.4) is 0 Å². The van der Waals surface area contributed by atoms with Gasteiger partial charge in [-0.2, -0.15) is 0 Å². The van der Waals surface area contributed by atoms with Crippen LogP contribution in [0.1, 0.15) is 0 Å². The molecule has 1 aromatic carbocycles. The molecule has 4 rings (SSSR count). The van der Waals surface area contributed by atoms with Gasteiger partial charge in [-0.15, -0.1) is 0 Å².